The highest BCUT2D eigenvalue weighted by Gasteiger charge is 2.27. The van der Waals surface area contributed by atoms with Crippen LogP contribution in [0.1, 0.15) is 36.9 Å². The van der Waals surface area contributed by atoms with Crippen molar-refractivity contribution >= 4 is 21.6 Å². The number of pyridine rings is 1. The molecule has 25 heavy (non-hydrogen) atoms. The first-order valence-electron chi connectivity index (χ1n) is 8.20. The molecular formula is C18H21N3O3S. The second-order valence-corrected chi connectivity index (χ2v) is 8.20. The SMILES string of the molecule is CC(c1ccncc1)N(C)S(=O)(=O)c1ccc2c(c1)NC(=O)CCC2. The maximum absolute atomic E-state index is 13.0. The molecule has 0 spiro atoms. The summed E-state index contributed by atoms with van der Waals surface area (Å²) in [5.41, 5.74) is 2.42. The molecule has 0 saturated heterocycles. The van der Waals surface area contributed by atoms with Gasteiger partial charge in [0.25, 0.3) is 0 Å². The fourth-order valence-electron chi connectivity index (χ4n) is 2.93. The van der Waals surface area contributed by atoms with E-state index < -0.39 is 10.0 Å². The van der Waals surface area contributed by atoms with Crippen LogP contribution >= 0.6 is 0 Å². The maximum Gasteiger partial charge on any atom is 0.243 e. The van der Waals surface area contributed by atoms with E-state index in [1.54, 1.807) is 49.8 Å². The average Bonchev–Trinajstić information content (AvgIpc) is 2.80. The van der Waals surface area contributed by atoms with Gasteiger partial charge in [-0.15, -0.1) is 0 Å². The molecule has 1 aliphatic heterocycles. The molecule has 1 aliphatic rings. The molecule has 1 aromatic carbocycles. The summed E-state index contributed by atoms with van der Waals surface area (Å²) in [7, 11) is -2.13. The summed E-state index contributed by atoms with van der Waals surface area (Å²) in [4.78, 5) is 15.9. The maximum atomic E-state index is 13.0. The van der Waals surface area contributed by atoms with Crippen molar-refractivity contribution in [2.45, 2.75) is 37.1 Å². The van der Waals surface area contributed by atoms with Crippen molar-refractivity contribution in [1.82, 2.24) is 9.29 Å². The normalized spacial score (nSPS) is 16.0. The van der Waals surface area contributed by atoms with Gasteiger partial charge in [0.15, 0.2) is 0 Å². The van der Waals surface area contributed by atoms with Crippen molar-refractivity contribution in [3.63, 3.8) is 0 Å². The van der Waals surface area contributed by atoms with Crippen LogP contribution in [0.25, 0.3) is 0 Å². The van der Waals surface area contributed by atoms with Crippen LogP contribution in [0.3, 0.4) is 0 Å². The zero-order valence-electron chi connectivity index (χ0n) is 14.3. The Kier molecular flexibility index (Phi) is 4.87. The average molecular weight is 359 g/mol. The molecule has 1 aromatic heterocycles. The largest absolute Gasteiger partial charge is 0.326 e. The number of rotatable bonds is 4. The number of benzene rings is 1. The van der Waals surface area contributed by atoms with Gasteiger partial charge < -0.3 is 5.32 Å². The molecule has 1 atom stereocenters. The predicted molar refractivity (Wildman–Crippen MR) is 95.6 cm³/mol. The van der Waals surface area contributed by atoms with Crippen molar-refractivity contribution in [3.8, 4) is 0 Å². The van der Waals surface area contributed by atoms with E-state index in [0.717, 1.165) is 24.0 Å². The minimum Gasteiger partial charge on any atom is -0.326 e. The van der Waals surface area contributed by atoms with Gasteiger partial charge in [-0.25, -0.2) is 8.42 Å². The van der Waals surface area contributed by atoms with E-state index in [0.29, 0.717) is 12.1 Å². The third-order valence-electron chi connectivity index (χ3n) is 4.62. The number of amides is 1. The highest BCUT2D eigenvalue weighted by atomic mass is 32.2. The number of aryl methyl sites for hydroxylation is 1. The lowest BCUT2D eigenvalue weighted by molar-refractivity contribution is -0.116. The molecule has 2 heterocycles. The molecule has 132 valence electrons. The van der Waals surface area contributed by atoms with Gasteiger partial charge in [0, 0.05) is 37.6 Å². The summed E-state index contributed by atoms with van der Waals surface area (Å²) in [6.45, 7) is 1.83. The lowest BCUT2D eigenvalue weighted by atomic mass is 10.1. The number of carbonyl (C=O) groups excluding carboxylic acids is 1. The van der Waals surface area contributed by atoms with Gasteiger partial charge >= 0.3 is 0 Å². The van der Waals surface area contributed by atoms with E-state index in [1.807, 2.05) is 6.92 Å². The van der Waals surface area contributed by atoms with Crippen LogP contribution in [0.2, 0.25) is 0 Å². The van der Waals surface area contributed by atoms with E-state index in [4.69, 9.17) is 0 Å². The molecule has 2 aromatic rings. The highest BCUT2D eigenvalue weighted by Crippen LogP contribution is 2.29. The third-order valence-corrected chi connectivity index (χ3v) is 6.54. The van der Waals surface area contributed by atoms with Crippen LogP contribution in [-0.2, 0) is 21.2 Å². The molecule has 1 unspecified atom stereocenters. The number of hydrogen-bond donors (Lipinski definition) is 1. The first-order valence-corrected chi connectivity index (χ1v) is 9.64. The zero-order valence-corrected chi connectivity index (χ0v) is 15.1. The summed E-state index contributed by atoms with van der Waals surface area (Å²) in [5, 5.41) is 2.80. The van der Waals surface area contributed by atoms with Gasteiger partial charge in [0.05, 0.1) is 4.90 Å². The van der Waals surface area contributed by atoms with Gasteiger partial charge in [-0.3, -0.25) is 9.78 Å². The zero-order chi connectivity index (χ0) is 18.0. The van der Waals surface area contributed by atoms with E-state index in [-0.39, 0.29) is 16.8 Å². The fraction of sp³-hybridized carbons (Fsp3) is 0.333. The number of aromatic nitrogens is 1. The number of hydrogen-bond acceptors (Lipinski definition) is 4. The monoisotopic (exact) mass is 359 g/mol. The predicted octanol–water partition coefficient (Wildman–Crippen LogP) is 2.74. The van der Waals surface area contributed by atoms with E-state index in [2.05, 4.69) is 10.3 Å². The van der Waals surface area contributed by atoms with Crippen molar-refractivity contribution in [3.05, 3.63) is 53.9 Å². The quantitative estimate of drug-likeness (QED) is 0.910. The van der Waals surface area contributed by atoms with E-state index >= 15 is 0 Å². The molecular weight excluding hydrogens is 338 g/mol. The molecule has 0 fully saturated rings. The number of nitrogens with zero attached hydrogens (tertiary/aromatic N) is 2. The Hall–Kier alpha value is -2.25. The molecule has 0 saturated carbocycles. The van der Waals surface area contributed by atoms with Crippen molar-refractivity contribution < 1.29 is 13.2 Å². The Morgan fingerprint density at radius 3 is 2.60 bits per heavy atom. The molecule has 7 heteroatoms. The molecule has 6 nitrogen and oxygen atoms in total. The van der Waals surface area contributed by atoms with Crippen molar-refractivity contribution in [2.75, 3.05) is 12.4 Å². The first kappa shape index (κ1) is 17.6. The van der Waals surface area contributed by atoms with E-state index in [9.17, 15) is 13.2 Å². The Labute approximate surface area is 147 Å². The number of fused-ring (bicyclic) bond motifs is 1. The summed E-state index contributed by atoms with van der Waals surface area (Å²) >= 11 is 0. The lowest BCUT2D eigenvalue weighted by Gasteiger charge is -2.25. The van der Waals surface area contributed by atoms with Crippen molar-refractivity contribution in [2.24, 2.45) is 0 Å². The second-order valence-electron chi connectivity index (χ2n) is 6.20. The number of nitrogens with one attached hydrogen (secondary N) is 1. The molecule has 1 amide bonds. The van der Waals surface area contributed by atoms with Gasteiger partial charge in [-0.05, 0) is 55.2 Å². The minimum absolute atomic E-state index is 0.0770. The second kappa shape index (κ2) is 6.93. The van der Waals surface area contributed by atoms with Crippen LogP contribution < -0.4 is 5.32 Å². The number of carbonyl (C=O) groups is 1. The highest BCUT2D eigenvalue weighted by molar-refractivity contribution is 7.89. The van der Waals surface area contributed by atoms with E-state index in [1.165, 1.54) is 4.31 Å². The Morgan fingerprint density at radius 2 is 1.88 bits per heavy atom. The van der Waals surface area contributed by atoms with Gasteiger partial charge in [0.2, 0.25) is 15.9 Å². The van der Waals surface area contributed by atoms with Crippen LogP contribution in [0, 0.1) is 0 Å². The Balaban J connectivity index is 1.93. The summed E-state index contributed by atoms with van der Waals surface area (Å²) in [5.74, 6) is -0.0770. The minimum atomic E-state index is -3.69. The Bertz CT molecular complexity index is 882. The molecule has 0 bridgehead atoms. The summed E-state index contributed by atoms with van der Waals surface area (Å²) in [6.07, 6.45) is 5.27. The van der Waals surface area contributed by atoms with Crippen LogP contribution in [0.4, 0.5) is 5.69 Å². The van der Waals surface area contributed by atoms with Gasteiger partial charge in [0.1, 0.15) is 0 Å². The van der Waals surface area contributed by atoms with Gasteiger partial charge in [-0.1, -0.05) is 6.07 Å². The third kappa shape index (κ3) is 3.57. The van der Waals surface area contributed by atoms with Crippen LogP contribution in [-0.4, -0.2) is 30.7 Å². The molecule has 3 rings (SSSR count). The summed E-state index contributed by atoms with van der Waals surface area (Å²) in [6, 6.07) is 8.23. The Morgan fingerprint density at radius 1 is 1.16 bits per heavy atom. The number of anilines is 1. The summed E-state index contributed by atoms with van der Waals surface area (Å²) < 4.78 is 27.3. The smallest absolute Gasteiger partial charge is 0.243 e. The standard InChI is InChI=1S/C18H21N3O3S/c1-13(14-8-10-19-11-9-14)21(2)25(23,24)16-7-6-15-4-3-5-18(22)20-17(15)12-16/h6-13H,3-5H2,1-2H3,(H,20,22). The van der Waals surface area contributed by atoms with Crippen LogP contribution in [0.5, 0.6) is 0 Å². The van der Waals surface area contributed by atoms with Crippen LogP contribution in [0.15, 0.2) is 47.6 Å². The molecule has 1 N–H and O–H groups in total. The molecule has 0 aliphatic carbocycles. The fourth-order valence-corrected chi connectivity index (χ4v) is 4.31. The lowest BCUT2D eigenvalue weighted by Crippen LogP contribution is -2.30. The number of sulfonamides is 1. The van der Waals surface area contributed by atoms with Crippen molar-refractivity contribution in [1.29, 1.82) is 0 Å². The topological polar surface area (TPSA) is 79.4 Å². The van der Waals surface area contributed by atoms with Gasteiger partial charge in [-0.2, -0.15) is 4.31 Å². The molecule has 0 radical (unpaired) electrons. The first-order chi connectivity index (χ1) is 11.9.